The van der Waals surface area contributed by atoms with Crippen LogP contribution in [-0.4, -0.2) is 19.0 Å². The van der Waals surface area contributed by atoms with Crippen molar-refractivity contribution >= 4 is 17.3 Å². The first kappa shape index (κ1) is 21.5. The second-order valence-corrected chi connectivity index (χ2v) is 9.19. The normalized spacial score (nSPS) is 17.6. The van der Waals surface area contributed by atoms with E-state index >= 15 is 0 Å². The van der Waals surface area contributed by atoms with Crippen LogP contribution in [0, 0.1) is 6.92 Å². The molecule has 2 aliphatic heterocycles. The maximum atomic E-state index is 14.1. The highest BCUT2D eigenvalue weighted by atomic mass is 16.5. The summed E-state index contributed by atoms with van der Waals surface area (Å²) in [5, 5.41) is 0. The Bertz CT molecular complexity index is 1440. The van der Waals surface area contributed by atoms with Gasteiger partial charge in [-0.1, -0.05) is 54.6 Å². The summed E-state index contributed by atoms with van der Waals surface area (Å²) in [4.78, 5) is 18.4. The standard InChI is InChI=1S/C31H28N2O2/c1-4-32(5-2)23-16-18-27-29(20-23)35-28-19-21(3)15-17-26(28)31(27)25-14-10-9-13-24(25)30(34)33(31)22-11-7-6-8-12-22/h6-20H,4-5H2,1-3H3. The summed E-state index contributed by atoms with van der Waals surface area (Å²) in [7, 11) is 0. The Labute approximate surface area is 206 Å². The van der Waals surface area contributed by atoms with Crippen LogP contribution in [0.15, 0.2) is 91.0 Å². The largest absolute Gasteiger partial charge is 0.456 e. The summed E-state index contributed by atoms with van der Waals surface area (Å²) >= 11 is 0. The van der Waals surface area contributed by atoms with Gasteiger partial charge in [-0.2, -0.15) is 0 Å². The third kappa shape index (κ3) is 2.96. The van der Waals surface area contributed by atoms with Crippen molar-refractivity contribution in [2.45, 2.75) is 26.3 Å². The number of anilines is 2. The van der Waals surface area contributed by atoms with E-state index in [0.29, 0.717) is 0 Å². The van der Waals surface area contributed by atoms with Crippen molar-refractivity contribution in [1.29, 1.82) is 0 Å². The molecule has 0 aromatic heterocycles. The van der Waals surface area contributed by atoms with Crippen LogP contribution in [0.4, 0.5) is 11.4 Å². The summed E-state index contributed by atoms with van der Waals surface area (Å²) in [5.74, 6) is 1.58. The van der Waals surface area contributed by atoms with Crippen molar-refractivity contribution in [2.75, 3.05) is 22.9 Å². The molecule has 1 atom stereocenters. The molecule has 1 spiro atoms. The van der Waals surface area contributed by atoms with E-state index in [0.717, 1.165) is 63.8 Å². The van der Waals surface area contributed by atoms with E-state index in [1.807, 2.05) is 53.4 Å². The van der Waals surface area contributed by atoms with Gasteiger partial charge in [0, 0.05) is 52.8 Å². The first-order chi connectivity index (χ1) is 17.1. The number of nitrogens with zero attached hydrogens (tertiary/aromatic N) is 2. The van der Waals surface area contributed by atoms with Gasteiger partial charge in [-0.3, -0.25) is 9.69 Å². The van der Waals surface area contributed by atoms with E-state index in [1.165, 1.54) is 0 Å². The Morgan fingerprint density at radius 1 is 0.771 bits per heavy atom. The molecule has 0 radical (unpaired) electrons. The molecule has 0 bridgehead atoms. The molecular weight excluding hydrogens is 432 g/mol. The van der Waals surface area contributed by atoms with Crippen molar-refractivity contribution in [1.82, 2.24) is 0 Å². The highest BCUT2D eigenvalue weighted by Crippen LogP contribution is 2.58. The number of amides is 1. The minimum Gasteiger partial charge on any atom is -0.456 e. The summed E-state index contributed by atoms with van der Waals surface area (Å²) < 4.78 is 6.59. The molecule has 35 heavy (non-hydrogen) atoms. The van der Waals surface area contributed by atoms with Crippen LogP contribution in [0.1, 0.15) is 46.5 Å². The van der Waals surface area contributed by atoms with Gasteiger partial charge in [0.15, 0.2) is 0 Å². The Balaban J connectivity index is 1.72. The van der Waals surface area contributed by atoms with Crippen LogP contribution in [0.2, 0.25) is 0 Å². The van der Waals surface area contributed by atoms with Gasteiger partial charge >= 0.3 is 0 Å². The monoisotopic (exact) mass is 460 g/mol. The minimum atomic E-state index is -0.826. The van der Waals surface area contributed by atoms with Gasteiger partial charge in [0.2, 0.25) is 0 Å². The average Bonchev–Trinajstić information content (AvgIpc) is 3.14. The van der Waals surface area contributed by atoms with Gasteiger partial charge in [-0.05, 0) is 56.7 Å². The van der Waals surface area contributed by atoms with Crippen molar-refractivity contribution in [3.63, 3.8) is 0 Å². The number of hydrogen-bond acceptors (Lipinski definition) is 3. The highest BCUT2D eigenvalue weighted by Gasteiger charge is 2.56. The number of para-hydroxylation sites is 1. The molecule has 4 heteroatoms. The molecule has 4 nitrogen and oxygen atoms in total. The quantitative estimate of drug-likeness (QED) is 0.332. The van der Waals surface area contributed by atoms with Crippen molar-refractivity contribution in [2.24, 2.45) is 0 Å². The zero-order valence-electron chi connectivity index (χ0n) is 20.3. The first-order valence-corrected chi connectivity index (χ1v) is 12.3. The molecule has 0 fully saturated rings. The fourth-order valence-electron chi connectivity index (χ4n) is 5.75. The van der Waals surface area contributed by atoms with Crippen LogP contribution in [0.5, 0.6) is 11.5 Å². The van der Waals surface area contributed by atoms with E-state index in [1.54, 1.807) is 0 Å². The molecule has 0 saturated heterocycles. The second-order valence-electron chi connectivity index (χ2n) is 9.19. The molecule has 6 rings (SSSR count). The highest BCUT2D eigenvalue weighted by molar-refractivity contribution is 6.14. The number of hydrogen-bond donors (Lipinski definition) is 0. The maximum Gasteiger partial charge on any atom is 0.260 e. The number of ether oxygens (including phenoxy) is 1. The molecule has 0 N–H and O–H groups in total. The van der Waals surface area contributed by atoms with Gasteiger partial charge in [0.1, 0.15) is 17.0 Å². The minimum absolute atomic E-state index is 0.000931. The Hall–Kier alpha value is -4.05. The Kier molecular flexibility index (Phi) is 4.92. The van der Waals surface area contributed by atoms with Crippen molar-refractivity contribution in [3.8, 4) is 11.5 Å². The van der Waals surface area contributed by atoms with E-state index < -0.39 is 5.54 Å². The number of benzene rings is 4. The number of aryl methyl sites for hydroxylation is 1. The third-order valence-electron chi connectivity index (χ3n) is 7.33. The van der Waals surface area contributed by atoms with Crippen LogP contribution < -0.4 is 14.5 Å². The molecule has 4 aromatic rings. The molecule has 174 valence electrons. The second kappa shape index (κ2) is 8.02. The van der Waals surface area contributed by atoms with Crippen molar-refractivity contribution < 1.29 is 9.53 Å². The smallest absolute Gasteiger partial charge is 0.260 e. The predicted molar refractivity (Wildman–Crippen MR) is 141 cm³/mol. The molecular formula is C31H28N2O2. The number of carbonyl (C=O) groups excluding carboxylic acids is 1. The molecule has 0 aliphatic carbocycles. The van der Waals surface area contributed by atoms with Crippen LogP contribution in [0.25, 0.3) is 0 Å². The van der Waals surface area contributed by atoms with Gasteiger partial charge in [-0.15, -0.1) is 0 Å². The van der Waals surface area contributed by atoms with Gasteiger partial charge < -0.3 is 9.64 Å². The van der Waals surface area contributed by atoms with E-state index in [9.17, 15) is 4.79 Å². The summed E-state index contributed by atoms with van der Waals surface area (Å²) in [6, 6.07) is 30.7. The van der Waals surface area contributed by atoms with Gasteiger partial charge in [-0.25, -0.2) is 0 Å². The lowest BCUT2D eigenvalue weighted by Gasteiger charge is -2.44. The van der Waals surface area contributed by atoms with E-state index in [-0.39, 0.29) is 5.91 Å². The molecule has 0 saturated carbocycles. The fraction of sp³-hybridized carbons (Fsp3) is 0.194. The topological polar surface area (TPSA) is 32.8 Å². The molecule has 4 aromatic carbocycles. The van der Waals surface area contributed by atoms with Crippen molar-refractivity contribution in [3.05, 3.63) is 119 Å². The summed E-state index contributed by atoms with van der Waals surface area (Å²) in [5.41, 5.74) is 5.94. The number of rotatable bonds is 4. The zero-order valence-corrected chi connectivity index (χ0v) is 20.3. The molecule has 2 aliphatic rings. The fourth-order valence-corrected chi connectivity index (χ4v) is 5.75. The number of carbonyl (C=O) groups is 1. The summed E-state index contributed by atoms with van der Waals surface area (Å²) in [6.07, 6.45) is 0. The van der Waals surface area contributed by atoms with E-state index in [4.69, 9.17) is 4.74 Å². The van der Waals surface area contributed by atoms with Crippen LogP contribution >= 0.6 is 0 Å². The molecule has 1 unspecified atom stereocenters. The van der Waals surface area contributed by atoms with Gasteiger partial charge in [0.25, 0.3) is 5.91 Å². The Morgan fingerprint density at radius 3 is 2.17 bits per heavy atom. The zero-order chi connectivity index (χ0) is 24.2. The van der Waals surface area contributed by atoms with Crippen LogP contribution in [-0.2, 0) is 5.54 Å². The average molecular weight is 461 g/mol. The van der Waals surface area contributed by atoms with Gasteiger partial charge in [0.05, 0.1) is 0 Å². The number of fused-ring (bicyclic) bond motifs is 6. The summed E-state index contributed by atoms with van der Waals surface area (Å²) in [6.45, 7) is 8.21. The lowest BCUT2D eigenvalue weighted by atomic mass is 9.74. The van der Waals surface area contributed by atoms with E-state index in [2.05, 4.69) is 68.1 Å². The first-order valence-electron chi connectivity index (χ1n) is 12.3. The molecule has 2 heterocycles. The lowest BCUT2D eigenvalue weighted by Crippen LogP contribution is -2.47. The lowest BCUT2D eigenvalue weighted by molar-refractivity contribution is 0.0986. The maximum absolute atomic E-state index is 14.1. The SMILES string of the molecule is CCN(CC)c1ccc2c(c1)Oc1cc(C)ccc1C21c2ccccc2C(=O)N1c1ccccc1. The molecule has 1 amide bonds. The Morgan fingerprint density at radius 2 is 1.43 bits per heavy atom. The predicted octanol–water partition coefficient (Wildman–Crippen LogP) is 6.90. The van der Waals surface area contributed by atoms with Crippen LogP contribution in [0.3, 0.4) is 0 Å². The third-order valence-corrected chi connectivity index (χ3v) is 7.33.